The summed E-state index contributed by atoms with van der Waals surface area (Å²) in [5, 5.41) is 2.50. The number of anilines is 3. The third-order valence-electron chi connectivity index (χ3n) is 14.7. The van der Waals surface area contributed by atoms with Crippen molar-refractivity contribution in [3.63, 3.8) is 0 Å². The monoisotopic (exact) mass is 842 g/mol. The van der Waals surface area contributed by atoms with Crippen LogP contribution in [0.5, 0.6) is 0 Å². The molecule has 0 fully saturated rings. The van der Waals surface area contributed by atoms with Crippen LogP contribution >= 0.6 is 0 Å². The Labute approximate surface area is 386 Å². The lowest BCUT2D eigenvalue weighted by atomic mass is 9.55. The molecule has 0 saturated carbocycles. The molecule has 1 heterocycles. The highest BCUT2D eigenvalue weighted by Crippen LogP contribution is 2.64. The normalized spacial score (nSPS) is 13.8. The van der Waals surface area contributed by atoms with E-state index in [0.717, 1.165) is 17.1 Å². The first kappa shape index (κ1) is 38.3. The second kappa shape index (κ2) is 14.7. The lowest BCUT2D eigenvalue weighted by Gasteiger charge is -2.46. The van der Waals surface area contributed by atoms with Gasteiger partial charge in [-0.15, -0.1) is 0 Å². The lowest BCUT2D eigenvalue weighted by molar-refractivity contribution is 0.563. The number of hydrogen-bond acceptors (Lipinski definition) is 1. The van der Waals surface area contributed by atoms with E-state index in [1.54, 1.807) is 0 Å². The molecule has 0 saturated heterocycles. The van der Waals surface area contributed by atoms with Gasteiger partial charge in [-0.25, -0.2) is 0 Å². The average Bonchev–Trinajstić information content (AvgIpc) is 3.88. The molecule has 0 amide bonds. The highest BCUT2D eigenvalue weighted by atomic mass is 15.1. The van der Waals surface area contributed by atoms with Crippen LogP contribution in [-0.2, 0) is 10.8 Å². The van der Waals surface area contributed by atoms with Crippen LogP contribution in [0.2, 0.25) is 0 Å². The number of hydrogen-bond donors (Lipinski definition) is 0. The number of rotatable bonds is 6. The Balaban J connectivity index is 1.00. The molecule has 10 aromatic carbocycles. The van der Waals surface area contributed by atoms with Crippen LogP contribution in [-0.4, -0.2) is 4.57 Å². The van der Waals surface area contributed by atoms with Gasteiger partial charge in [0.2, 0.25) is 0 Å². The molecule has 2 heteroatoms. The van der Waals surface area contributed by atoms with Gasteiger partial charge in [0, 0.05) is 38.8 Å². The summed E-state index contributed by atoms with van der Waals surface area (Å²) in [6, 6.07) is 89.9. The molecule has 0 unspecified atom stereocenters. The van der Waals surface area contributed by atoms with Gasteiger partial charge in [0.1, 0.15) is 0 Å². The molecule has 66 heavy (non-hydrogen) atoms. The summed E-state index contributed by atoms with van der Waals surface area (Å²) in [6.45, 7) is 4.78. The molecule has 0 N–H and O–H groups in total. The van der Waals surface area contributed by atoms with Crippen molar-refractivity contribution in [2.24, 2.45) is 0 Å². The molecular weight excluding hydrogens is 797 g/mol. The molecule has 0 radical (unpaired) electrons. The first-order chi connectivity index (χ1) is 32.5. The minimum absolute atomic E-state index is 0.161. The highest BCUT2D eigenvalue weighted by Gasteiger charge is 2.53. The van der Waals surface area contributed by atoms with Crippen LogP contribution in [0.15, 0.2) is 243 Å². The van der Waals surface area contributed by atoms with E-state index in [0.29, 0.717) is 0 Å². The van der Waals surface area contributed by atoms with Crippen LogP contribution in [0, 0.1) is 0 Å². The summed E-state index contributed by atoms with van der Waals surface area (Å²) in [4.78, 5) is 2.48. The highest BCUT2D eigenvalue weighted by molar-refractivity contribution is 6.10. The fourth-order valence-corrected chi connectivity index (χ4v) is 11.7. The standard InChI is InChI=1S/C64H46N2/c1-63(2)54-25-12-14-27-56(54)64(57-28-15-13-26-55(57)63)53-24-11-9-23-51(53)62-58(64)29-17-31-61(62)65(48-37-32-44(33-38-48)43-18-5-3-6-19-43)49-39-34-45(35-40-49)46-36-41-60-52(42-46)50-22-10-16-30-59(50)66(60)47-20-7-4-8-21-47/h3-42H,1-2H3. The van der Waals surface area contributed by atoms with Gasteiger partial charge in [-0.2, -0.15) is 0 Å². The molecule has 312 valence electrons. The Hall–Kier alpha value is -8.20. The van der Waals surface area contributed by atoms with Gasteiger partial charge in [-0.05, 0) is 122 Å². The van der Waals surface area contributed by atoms with Crippen molar-refractivity contribution >= 4 is 38.9 Å². The minimum atomic E-state index is -0.486. The van der Waals surface area contributed by atoms with E-state index in [9.17, 15) is 0 Å². The Bertz CT molecular complexity index is 3600. The van der Waals surface area contributed by atoms with Crippen molar-refractivity contribution in [3.8, 4) is 39.1 Å². The minimum Gasteiger partial charge on any atom is -0.310 e. The van der Waals surface area contributed by atoms with Crippen molar-refractivity contribution in [1.29, 1.82) is 0 Å². The Morgan fingerprint density at radius 2 is 0.833 bits per heavy atom. The summed E-state index contributed by atoms with van der Waals surface area (Å²) in [5.74, 6) is 0. The summed E-state index contributed by atoms with van der Waals surface area (Å²) < 4.78 is 2.38. The van der Waals surface area contributed by atoms with Crippen LogP contribution in [0.1, 0.15) is 47.2 Å². The maximum absolute atomic E-state index is 2.48. The largest absolute Gasteiger partial charge is 0.310 e. The van der Waals surface area contributed by atoms with Crippen LogP contribution in [0.3, 0.4) is 0 Å². The predicted octanol–water partition coefficient (Wildman–Crippen LogP) is 16.6. The van der Waals surface area contributed by atoms with Gasteiger partial charge in [0.25, 0.3) is 0 Å². The van der Waals surface area contributed by atoms with Crippen molar-refractivity contribution in [2.75, 3.05) is 4.90 Å². The Morgan fingerprint density at radius 1 is 0.348 bits per heavy atom. The summed E-state index contributed by atoms with van der Waals surface area (Å²) in [5.41, 5.74) is 21.8. The molecule has 2 aliphatic rings. The van der Waals surface area contributed by atoms with Crippen molar-refractivity contribution in [1.82, 2.24) is 4.57 Å². The molecule has 1 aromatic heterocycles. The molecule has 0 atom stereocenters. The van der Waals surface area contributed by atoms with Gasteiger partial charge < -0.3 is 9.47 Å². The predicted molar refractivity (Wildman–Crippen MR) is 276 cm³/mol. The van der Waals surface area contributed by atoms with Gasteiger partial charge in [-0.1, -0.05) is 196 Å². The topological polar surface area (TPSA) is 8.17 Å². The molecule has 0 bridgehead atoms. The third-order valence-corrected chi connectivity index (χ3v) is 14.7. The van der Waals surface area contributed by atoms with E-state index in [1.165, 1.54) is 94.3 Å². The van der Waals surface area contributed by atoms with Gasteiger partial charge in [0.15, 0.2) is 0 Å². The first-order valence-electron chi connectivity index (χ1n) is 23.1. The van der Waals surface area contributed by atoms with E-state index in [1.807, 2.05) is 0 Å². The first-order valence-corrected chi connectivity index (χ1v) is 23.1. The van der Waals surface area contributed by atoms with Gasteiger partial charge in [0.05, 0.1) is 22.1 Å². The smallest absolute Gasteiger partial charge is 0.0720 e. The molecule has 0 aliphatic heterocycles. The van der Waals surface area contributed by atoms with E-state index in [2.05, 4.69) is 266 Å². The van der Waals surface area contributed by atoms with Crippen LogP contribution in [0.4, 0.5) is 17.1 Å². The molecule has 2 nitrogen and oxygen atoms in total. The fourth-order valence-electron chi connectivity index (χ4n) is 11.7. The molecule has 13 rings (SSSR count). The Morgan fingerprint density at radius 3 is 1.50 bits per heavy atom. The molecule has 1 spiro atoms. The summed E-state index contributed by atoms with van der Waals surface area (Å²) >= 11 is 0. The fraction of sp³-hybridized carbons (Fsp3) is 0.0625. The summed E-state index contributed by atoms with van der Waals surface area (Å²) in [7, 11) is 0. The van der Waals surface area contributed by atoms with E-state index < -0.39 is 5.41 Å². The maximum atomic E-state index is 2.48. The summed E-state index contributed by atoms with van der Waals surface area (Å²) in [6.07, 6.45) is 0. The Kier molecular flexibility index (Phi) is 8.51. The van der Waals surface area contributed by atoms with Gasteiger partial charge >= 0.3 is 0 Å². The third kappa shape index (κ3) is 5.48. The molecule has 11 aromatic rings. The number of para-hydroxylation sites is 2. The van der Waals surface area contributed by atoms with Crippen molar-refractivity contribution in [3.05, 3.63) is 276 Å². The van der Waals surface area contributed by atoms with Crippen molar-refractivity contribution < 1.29 is 0 Å². The second-order valence-electron chi connectivity index (χ2n) is 18.4. The lowest BCUT2D eigenvalue weighted by Crippen LogP contribution is -2.40. The number of fused-ring (bicyclic) bond motifs is 12. The van der Waals surface area contributed by atoms with E-state index >= 15 is 0 Å². The zero-order valence-electron chi connectivity index (χ0n) is 37.0. The SMILES string of the molecule is CC1(C)c2ccccc2C2(c3ccccc3-c3c(N(c4ccc(-c5ccccc5)cc4)c4ccc(-c5ccc6c(c5)c5ccccc5n6-c5ccccc5)cc4)cccc32)c2ccccc21. The quantitative estimate of drug-likeness (QED) is 0.162. The van der Waals surface area contributed by atoms with E-state index in [4.69, 9.17) is 0 Å². The van der Waals surface area contributed by atoms with E-state index in [-0.39, 0.29) is 5.41 Å². The number of aromatic nitrogens is 1. The second-order valence-corrected chi connectivity index (χ2v) is 18.4. The number of benzene rings is 10. The molecular formula is C64H46N2. The van der Waals surface area contributed by atoms with Crippen LogP contribution < -0.4 is 4.90 Å². The van der Waals surface area contributed by atoms with Crippen LogP contribution in [0.25, 0.3) is 60.9 Å². The number of nitrogens with zero attached hydrogens (tertiary/aromatic N) is 2. The zero-order chi connectivity index (χ0) is 44.0. The van der Waals surface area contributed by atoms with Crippen molar-refractivity contribution in [2.45, 2.75) is 24.7 Å². The zero-order valence-corrected chi connectivity index (χ0v) is 37.0. The van der Waals surface area contributed by atoms with Gasteiger partial charge in [-0.3, -0.25) is 0 Å². The maximum Gasteiger partial charge on any atom is 0.0720 e. The average molecular weight is 843 g/mol. The molecule has 2 aliphatic carbocycles.